The van der Waals surface area contributed by atoms with E-state index < -0.39 is 10.2 Å². The summed E-state index contributed by atoms with van der Waals surface area (Å²) in [5.74, 6) is 0.984. The predicted molar refractivity (Wildman–Crippen MR) is 108 cm³/mol. The van der Waals surface area contributed by atoms with Crippen LogP contribution < -0.4 is 11.1 Å². The van der Waals surface area contributed by atoms with Crippen molar-refractivity contribution >= 4 is 16.1 Å². The number of piperidine rings is 1. The molecule has 5 aliphatic rings. The van der Waals surface area contributed by atoms with Crippen molar-refractivity contribution in [2.24, 2.45) is 11.1 Å². The molecule has 0 aromatic carbocycles. The second kappa shape index (κ2) is 6.51. The number of fused-ring (bicyclic) bond motifs is 2. The summed E-state index contributed by atoms with van der Waals surface area (Å²) in [4.78, 5) is 12.6. The molecule has 1 amide bonds. The van der Waals surface area contributed by atoms with Crippen LogP contribution in [0.15, 0.2) is 10.6 Å². The van der Waals surface area contributed by atoms with Crippen LogP contribution in [0.3, 0.4) is 0 Å². The number of carbonyl (C=O) groups is 1. The normalized spacial score (nSPS) is 34.0. The fourth-order valence-electron chi connectivity index (χ4n) is 6.15. The van der Waals surface area contributed by atoms with Crippen molar-refractivity contribution in [3.8, 4) is 0 Å². The highest BCUT2D eigenvalue weighted by Crippen LogP contribution is 2.50. The second-order valence-electron chi connectivity index (χ2n) is 10.2. The number of nitrogens with zero attached hydrogens (tertiary/aromatic N) is 3. The molecule has 3 aliphatic heterocycles. The minimum Gasteiger partial charge on any atom is -0.360 e. The first-order valence-corrected chi connectivity index (χ1v) is 12.5. The van der Waals surface area contributed by atoms with Crippen LogP contribution in [-0.4, -0.2) is 65.3 Å². The second-order valence-corrected chi connectivity index (χ2v) is 12.0. The Morgan fingerprint density at radius 1 is 1.17 bits per heavy atom. The van der Waals surface area contributed by atoms with Gasteiger partial charge in [0.25, 0.3) is 16.1 Å². The van der Waals surface area contributed by atoms with E-state index in [0.717, 1.165) is 44.3 Å². The van der Waals surface area contributed by atoms with Gasteiger partial charge in [0, 0.05) is 54.7 Å². The van der Waals surface area contributed by atoms with Gasteiger partial charge in [-0.25, -0.2) is 0 Å². The summed E-state index contributed by atoms with van der Waals surface area (Å²) in [5.41, 5.74) is 6.36. The quantitative estimate of drug-likeness (QED) is 0.710. The lowest BCUT2D eigenvalue weighted by Gasteiger charge is -2.58. The van der Waals surface area contributed by atoms with Crippen LogP contribution in [0.1, 0.15) is 73.5 Å². The first-order valence-electron chi connectivity index (χ1n) is 11.1. The van der Waals surface area contributed by atoms with Gasteiger partial charge in [0.15, 0.2) is 5.69 Å². The van der Waals surface area contributed by atoms with Gasteiger partial charge in [-0.05, 0) is 51.4 Å². The molecule has 3 N–H and O–H groups in total. The predicted octanol–water partition coefficient (Wildman–Crippen LogP) is 0.945. The standard InChI is InChI=1S/C20H29N5O4S/c21-13-8-20(9-13)10-24(11-20)30(27,28)25-15-3-4-16(25)6-14(5-15)22-19(26)17-7-18(29-23-17)12-1-2-12/h7,12-16H,1-6,8-11,21H2,(H,22,26)/t14-,15+,16-. The molecular weight excluding hydrogens is 406 g/mol. The van der Waals surface area contributed by atoms with E-state index in [4.69, 9.17) is 10.3 Å². The van der Waals surface area contributed by atoms with Crippen molar-refractivity contribution in [2.45, 2.75) is 81.5 Å². The van der Waals surface area contributed by atoms with Crippen molar-refractivity contribution in [3.05, 3.63) is 17.5 Å². The summed E-state index contributed by atoms with van der Waals surface area (Å²) in [7, 11) is -3.44. The lowest BCUT2D eigenvalue weighted by atomic mass is 9.62. The molecule has 1 aromatic heterocycles. The van der Waals surface area contributed by atoms with E-state index in [9.17, 15) is 13.2 Å². The number of hydrogen-bond acceptors (Lipinski definition) is 6. The maximum atomic E-state index is 13.3. The first kappa shape index (κ1) is 19.2. The summed E-state index contributed by atoms with van der Waals surface area (Å²) in [6, 6.07) is 1.86. The van der Waals surface area contributed by atoms with Gasteiger partial charge in [0.2, 0.25) is 0 Å². The highest BCUT2D eigenvalue weighted by molar-refractivity contribution is 7.86. The maximum Gasteiger partial charge on any atom is 0.282 e. The van der Waals surface area contributed by atoms with Gasteiger partial charge in [-0.2, -0.15) is 17.0 Å². The molecule has 6 rings (SSSR count). The van der Waals surface area contributed by atoms with Crippen LogP contribution >= 0.6 is 0 Å². The Morgan fingerprint density at radius 2 is 1.83 bits per heavy atom. The highest BCUT2D eigenvalue weighted by atomic mass is 32.2. The van der Waals surface area contributed by atoms with Crippen LogP contribution in [0.4, 0.5) is 0 Å². The third-order valence-electron chi connectivity index (χ3n) is 7.75. The first-order chi connectivity index (χ1) is 14.3. The zero-order valence-corrected chi connectivity index (χ0v) is 17.8. The van der Waals surface area contributed by atoms with Crippen LogP contribution in [-0.2, 0) is 10.2 Å². The molecule has 30 heavy (non-hydrogen) atoms. The number of amides is 1. The summed E-state index contributed by atoms with van der Waals surface area (Å²) >= 11 is 0. The van der Waals surface area contributed by atoms with Crippen LogP contribution in [0.2, 0.25) is 0 Å². The van der Waals surface area contributed by atoms with E-state index >= 15 is 0 Å². The molecule has 2 aliphatic carbocycles. The van der Waals surface area contributed by atoms with E-state index in [2.05, 4.69) is 10.5 Å². The Kier molecular flexibility index (Phi) is 4.17. The van der Waals surface area contributed by atoms with Crippen LogP contribution in [0.5, 0.6) is 0 Å². The van der Waals surface area contributed by atoms with Gasteiger partial charge in [-0.15, -0.1) is 0 Å². The topological polar surface area (TPSA) is 122 Å². The van der Waals surface area contributed by atoms with Gasteiger partial charge in [-0.3, -0.25) is 4.79 Å². The van der Waals surface area contributed by atoms with Crippen molar-refractivity contribution < 1.29 is 17.7 Å². The number of aromatic nitrogens is 1. The van der Waals surface area contributed by atoms with Gasteiger partial charge < -0.3 is 15.6 Å². The number of nitrogens with two attached hydrogens (primary N) is 1. The molecule has 2 saturated carbocycles. The average molecular weight is 436 g/mol. The number of nitrogens with one attached hydrogen (secondary N) is 1. The molecule has 10 heteroatoms. The molecule has 1 spiro atoms. The Labute approximate surface area is 176 Å². The molecule has 4 heterocycles. The van der Waals surface area contributed by atoms with E-state index in [-0.39, 0.29) is 35.5 Å². The fraction of sp³-hybridized carbons (Fsp3) is 0.800. The minimum atomic E-state index is -3.44. The number of carbonyl (C=O) groups excluding carboxylic acids is 1. The zero-order valence-electron chi connectivity index (χ0n) is 17.0. The maximum absolute atomic E-state index is 13.3. The smallest absolute Gasteiger partial charge is 0.282 e. The molecule has 3 saturated heterocycles. The number of rotatable bonds is 5. The van der Waals surface area contributed by atoms with Crippen LogP contribution in [0.25, 0.3) is 0 Å². The lowest BCUT2D eigenvalue weighted by molar-refractivity contribution is -0.0277. The van der Waals surface area contributed by atoms with Gasteiger partial charge >= 0.3 is 0 Å². The molecule has 9 nitrogen and oxygen atoms in total. The monoisotopic (exact) mass is 435 g/mol. The third-order valence-corrected chi connectivity index (χ3v) is 9.79. The molecule has 0 radical (unpaired) electrons. The van der Waals surface area contributed by atoms with Gasteiger partial charge in [0.05, 0.1) is 0 Å². The Morgan fingerprint density at radius 3 is 2.43 bits per heavy atom. The summed E-state index contributed by atoms with van der Waals surface area (Å²) < 4.78 is 35.2. The molecule has 3 atom stereocenters. The lowest BCUT2D eigenvalue weighted by Crippen LogP contribution is -2.69. The zero-order chi connectivity index (χ0) is 20.7. The largest absolute Gasteiger partial charge is 0.360 e. The SMILES string of the molecule is NC1CC2(C1)CN(S(=O)(=O)N1[C@@H]3CC[C@H]1C[C@@H](NC(=O)c1cc(C4CC4)on1)C3)C2. The van der Waals surface area contributed by atoms with Crippen LogP contribution in [0, 0.1) is 5.41 Å². The molecular formula is C20H29N5O4S. The molecule has 0 unspecified atom stereocenters. The Hall–Kier alpha value is -1.49. The average Bonchev–Trinajstić information content (AvgIpc) is 3.29. The summed E-state index contributed by atoms with van der Waals surface area (Å²) in [6.45, 7) is 1.21. The van der Waals surface area contributed by atoms with Gasteiger partial charge in [0.1, 0.15) is 5.76 Å². The van der Waals surface area contributed by atoms with Crippen molar-refractivity contribution in [2.75, 3.05) is 13.1 Å². The highest BCUT2D eigenvalue weighted by Gasteiger charge is 2.58. The van der Waals surface area contributed by atoms with Crippen molar-refractivity contribution in [1.29, 1.82) is 0 Å². The Balaban J connectivity index is 1.09. The minimum absolute atomic E-state index is 0.0325. The third kappa shape index (κ3) is 3.03. The van der Waals surface area contributed by atoms with E-state index in [1.54, 1.807) is 14.7 Å². The van der Waals surface area contributed by atoms with Gasteiger partial charge in [-0.1, -0.05) is 5.16 Å². The number of hydrogen-bond donors (Lipinski definition) is 2. The fourth-order valence-corrected chi connectivity index (χ4v) is 8.43. The van der Waals surface area contributed by atoms with E-state index in [0.29, 0.717) is 37.5 Å². The van der Waals surface area contributed by atoms with E-state index in [1.807, 2.05) is 0 Å². The van der Waals surface area contributed by atoms with Crippen molar-refractivity contribution in [3.63, 3.8) is 0 Å². The molecule has 2 bridgehead atoms. The van der Waals surface area contributed by atoms with E-state index in [1.165, 1.54) is 0 Å². The Bertz CT molecular complexity index is 946. The summed E-state index contributed by atoms with van der Waals surface area (Å²) in [5, 5.41) is 6.98. The molecule has 5 fully saturated rings. The molecule has 1 aromatic rings. The molecule has 164 valence electrons. The van der Waals surface area contributed by atoms with Crippen molar-refractivity contribution in [1.82, 2.24) is 19.1 Å². The summed E-state index contributed by atoms with van der Waals surface area (Å²) in [6.07, 6.45) is 7.08.